The molecule has 4 rings (SSSR count). The SMILES string of the molecule is Cc1nc([C@H]2CCCN(c3ccnc4cc(Cl)ccc34)C2)cc(=O)[nH]1. The molecule has 1 N–H and O–H groups in total. The molecule has 25 heavy (non-hydrogen) atoms. The number of pyridine rings is 1. The first-order chi connectivity index (χ1) is 12.1. The highest BCUT2D eigenvalue weighted by Crippen LogP contribution is 2.33. The van der Waals surface area contributed by atoms with E-state index in [0.29, 0.717) is 10.8 Å². The minimum absolute atomic E-state index is 0.0800. The van der Waals surface area contributed by atoms with Gasteiger partial charge in [-0.15, -0.1) is 0 Å². The number of nitrogens with zero attached hydrogens (tertiary/aromatic N) is 3. The van der Waals surface area contributed by atoms with Crippen LogP contribution in [0.1, 0.15) is 30.3 Å². The van der Waals surface area contributed by atoms with Gasteiger partial charge in [0.05, 0.1) is 11.2 Å². The second-order valence-corrected chi connectivity index (χ2v) is 6.97. The maximum absolute atomic E-state index is 11.8. The molecule has 1 saturated heterocycles. The van der Waals surface area contributed by atoms with Crippen molar-refractivity contribution in [1.29, 1.82) is 0 Å². The lowest BCUT2D eigenvalue weighted by molar-refractivity contribution is 0.500. The molecule has 1 atom stereocenters. The van der Waals surface area contributed by atoms with Crippen molar-refractivity contribution in [3.63, 3.8) is 0 Å². The average Bonchev–Trinajstić information content (AvgIpc) is 2.60. The Morgan fingerprint density at radius 1 is 1.28 bits per heavy atom. The highest BCUT2D eigenvalue weighted by Gasteiger charge is 2.24. The van der Waals surface area contributed by atoms with Crippen LogP contribution in [0, 0.1) is 6.92 Å². The third kappa shape index (κ3) is 3.24. The lowest BCUT2D eigenvalue weighted by Gasteiger charge is -2.34. The molecule has 3 heterocycles. The quantitative estimate of drug-likeness (QED) is 0.762. The van der Waals surface area contributed by atoms with Gasteiger partial charge in [-0.25, -0.2) is 4.98 Å². The number of halogens is 1. The molecule has 1 aromatic carbocycles. The summed E-state index contributed by atoms with van der Waals surface area (Å²) in [5.74, 6) is 0.925. The number of aryl methyl sites for hydroxylation is 1. The van der Waals surface area contributed by atoms with E-state index in [1.165, 1.54) is 0 Å². The van der Waals surface area contributed by atoms with Crippen LogP contribution < -0.4 is 10.5 Å². The predicted octanol–water partition coefficient (Wildman–Crippen LogP) is 3.66. The standard InChI is InChI=1S/C19H19ClN4O/c1-12-22-16(10-19(25)23-12)13-3-2-8-24(11-13)18-6-7-21-17-9-14(20)4-5-15(17)18/h4-7,9-10,13H,2-3,8,11H2,1H3,(H,22,23,25)/t13-/m0/s1. The number of anilines is 1. The second kappa shape index (κ2) is 6.48. The Hall–Kier alpha value is -2.40. The van der Waals surface area contributed by atoms with Crippen LogP contribution in [-0.4, -0.2) is 28.0 Å². The van der Waals surface area contributed by atoms with E-state index in [0.717, 1.165) is 48.2 Å². The lowest BCUT2D eigenvalue weighted by atomic mass is 9.93. The van der Waals surface area contributed by atoms with Crippen LogP contribution in [0.4, 0.5) is 5.69 Å². The number of hydrogen-bond acceptors (Lipinski definition) is 4. The van der Waals surface area contributed by atoms with E-state index >= 15 is 0 Å². The molecule has 0 bridgehead atoms. The van der Waals surface area contributed by atoms with E-state index in [1.807, 2.05) is 31.3 Å². The van der Waals surface area contributed by atoms with E-state index in [4.69, 9.17) is 11.6 Å². The fourth-order valence-electron chi connectivity index (χ4n) is 3.63. The third-order valence-corrected chi connectivity index (χ3v) is 4.98. The van der Waals surface area contributed by atoms with Crippen molar-refractivity contribution in [3.8, 4) is 0 Å². The molecule has 5 nitrogen and oxygen atoms in total. The van der Waals surface area contributed by atoms with Gasteiger partial charge in [0.15, 0.2) is 0 Å². The Kier molecular flexibility index (Phi) is 4.17. The first-order valence-electron chi connectivity index (χ1n) is 8.47. The first-order valence-corrected chi connectivity index (χ1v) is 8.85. The van der Waals surface area contributed by atoms with Crippen molar-refractivity contribution in [2.75, 3.05) is 18.0 Å². The molecule has 6 heteroatoms. The van der Waals surface area contributed by atoms with Crippen molar-refractivity contribution in [2.45, 2.75) is 25.7 Å². The van der Waals surface area contributed by atoms with E-state index < -0.39 is 0 Å². The summed E-state index contributed by atoms with van der Waals surface area (Å²) in [6.45, 7) is 3.66. The summed E-state index contributed by atoms with van der Waals surface area (Å²) in [5.41, 5.74) is 2.86. The number of aromatic amines is 1. The van der Waals surface area contributed by atoms with Gasteiger partial charge in [-0.1, -0.05) is 11.6 Å². The minimum atomic E-state index is -0.0800. The summed E-state index contributed by atoms with van der Waals surface area (Å²) in [6, 6.07) is 9.50. The van der Waals surface area contributed by atoms with E-state index in [1.54, 1.807) is 6.07 Å². The largest absolute Gasteiger partial charge is 0.370 e. The predicted molar refractivity (Wildman–Crippen MR) is 101 cm³/mol. The topological polar surface area (TPSA) is 61.9 Å². The number of aromatic nitrogens is 3. The molecule has 2 aromatic heterocycles. The van der Waals surface area contributed by atoms with Crippen LogP contribution in [-0.2, 0) is 0 Å². The van der Waals surface area contributed by atoms with Crippen LogP contribution in [0.25, 0.3) is 10.9 Å². The summed E-state index contributed by atoms with van der Waals surface area (Å²) in [6.07, 6.45) is 3.93. The summed E-state index contributed by atoms with van der Waals surface area (Å²) in [5, 5.41) is 1.79. The van der Waals surface area contributed by atoms with Crippen LogP contribution in [0.3, 0.4) is 0 Å². The molecule has 0 radical (unpaired) electrons. The zero-order chi connectivity index (χ0) is 17.4. The molecule has 3 aromatic rings. The van der Waals surface area contributed by atoms with Gasteiger partial charge in [0, 0.05) is 47.4 Å². The molecular weight excluding hydrogens is 336 g/mol. The van der Waals surface area contributed by atoms with Crippen molar-refractivity contribution in [1.82, 2.24) is 15.0 Å². The van der Waals surface area contributed by atoms with Crippen molar-refractivity contribution >= 4 is 28.2 Å². The van der Waals surface area contributed by atoms with Gasteiger partial charge in [0.25, 0.3) is 5.56 Å². The molecule has 0 spiro atoms. The second-order valence-electron chi connectivity index (χ2n) is 6.53. The third-order valence-electron chi connectivity index (χ3n) is 4.74. The molecule has 0 saturated carbocycles. The van der Waals surface area contributed by atoms with Crippen molar-refractivity contribution in [2.24, 2.45) is 0 Å². The summed E-state index contributed by atoms with van der Waals surface area (Å²) in [4.78, 5) is 25.8. The normalized spacial score (nSPS) is 17.8. The number of nitrogens with one attached hydrogen (secondary N) is 1. The Balaban J connectivity index is 1.69. The van der Waals surface area contributed by atoms with E-state index in [2.05, 4.69) is 25.9 Å². The van der Waals surface area contributed by atoms with Crippen molar-refractivity contribution in [3.05, 3.63) is 63.4 Å². The van der Waals surface area contributed by atoms with Gasteiger partial charge < -0.3 is 9.88 Å². The molecule has 1 fully saturated rings. The Bertz CT molecular complexity index is 985. The Labute approximate surface area is 150 Å². The average molecular weight is 355 g/mol. The smallest absolute Gasteiger partial charge is 0.251 e. The maximum atomic E-state index is 11.8. The fraction of sp³-hybridized carbons (Fsp3) is 0.316. The number of H-pyrrole nitrogens is 1. The van der Waals surface area contributed by atoms with E-state index in [-0.39, 0.29) is 11.5 Å². The highest BCUT2D eigenvalue weighted by molar-refractivity contribution is 6.31. The molecule has 1 aliphatic rings. The molecule has 1 aliphatic heterocycles. The van der Waals surface area contributed by atoms with Gasteiger partial charge in [0.1, 0.15) is 5.82 Å². The lowest BCUT2D eigenvalue weighted by Crippen LogP contribution is -2.35. The molecule has 128 valence electrons. The molecule has 0 aliphatic carbocycles. The Morgan fingerprint density at radius 2 is 2.16 bits per heavy atom. The summed E-state index contributed by atoms with van der Waals surface area (Å²) < 4.78 is 0. The number of benzene rings is 1. The highest BCUT2D eigenvalue weighted by atomic mass is 35.5. The minimum Gasteiger partial charge on any atom is -0.370 e. The van der Waals surface area contributed by atoms with Gasteiger partial charge >= 0.3 is 0 Å². The molecule has 0 unspecified atom stereocenters. The fourth-order valence-corrected chi connectivity index (χ4v) is 3.80. The number of rotatable bonds is 2. The number of fused-ring (bicyclic) bond motifs is 1. The summed E-state index contributed by atoms with van der Waals surface area (Å²) >= 11 is 6.10. The van der Waals surface area contributed by atoms with E-state index in [9.17, 15) is 4.79 Å². The van der Waals surface area contributed by atoms with Crippen molar-refractivity contribution < 1.29 is 0 Å². The zero-order valence-electron chi connectivity index (χ0n) is 14.0. The van der Waals surface area contributed by atoms with Gasteiger partial charge in [-0.3, -0.25) is 9.78 Å². The van der Waals surface area contributed by atoms with Gasteiger partial charge in [0.2, 0.25) is 0 Å². The van der Waals surface area contributed by atoms with Gasteiger partial charge in [-0.2, -0.15) is 0 Å². The molecular formula is C19H19ClN4O. The number of hydrogen-bond donors (Lipinski definition) is 1. The summed E-state index contributed by atoms with van der Waals surface area (Å²) in [7, 11) is 0. The van der Waals surface area contributed by atoms with Gasteiger partial charge in [-0.05, 0) is 44.0 Å². The van der Waals surface area contributed by atoms with Crippen LogP contribution in [0.2, 0.25) is 5.02 Å². The first kappa shape index (κ1) is 16.1. The monoisotopic (exact) mass is 354 g/mol. The molecule has 0 amide bonds. The van der Waals surface area contributed by atoms with Crippen LogP contribution in [0.15, 0.2) is 41.3 Å². The number of piperidine rings is 1. The maximum Gasteiger partial charge on any atom is 0.251 e. The Morgan fingerprint density at radius 3 is 3.00 bits per heavy atom. The zero-order valence-corrected chi connectivity index (χ0v) is 14.8. The van der Waals surface area contributed by atoms with Crippen LogP contribution in [0.5, 0.6) is 0 Å². The van der Waals surface area contributed by atoms with Crippen LogP contribution >= 0.6 is 11.6 Å².